The van der Waals surface area contributed by atoms with Gasteiger partial charge in [-0.3, -0.25) is 0 Å². The van der Waals surface area contributed by atoms with Crippen LogP contribution in [0.25, 0.3) is 0 Å². The molecule has 0 unspecified atom stereocenters. The zero-order valence-corrected chi connectivity index (χ0v) is 15.5. The minimum atomic E-state index is -0.778. The van der Waals surface area contributed by atoms with Gasteiger partial charge in [0, 0.05) is 0 Å². The predicted molar refractivity (Wildman–Crippen MR) is 92.9 cm³/mol. The highest BCUT2D eigenvalue weighted by molar-refractivity contribution is 6.33. The Morgan fingerprint density at radius 2 is 2.04 bits per heavy atom. The number of halogens is 2. The van der Waals surface area contributed by atoms with E-state index in [1.54, 1.807) is 0 Å². The molecule has 0 aromatic heterocycles. The number of hydrogen-bond acceptors (Lipinski definition) is 4. The molecule has 1 fully saturated rings. The van der Waals surface area contributed by atoms with Crippen molar-refractivity contribution in [1.29, 1.82) is 0 Å². The summed E-state index contributed by atoms with van der Waals surface area (Å²) in [5.74, 6) is -0.649. The quantitative estimate of drug-likeness (QED) is 0.708. The van der Waals surface area contributed by atoms with E-state index >= 15 is 0 Å². The van der Waals surface area contributed by atoms with Gasteiger partial charge in [-0.2, -0.15) is 0 Å². The van der Waals surface area contributed by atoms with Crippen LogP contribution in [0.3, 0.4) is 0 Å². The lowest BCUT2D eigenvalue weighted by molar-refractivity contribution is -0.159. The molecule has 2 rings (SSSR count). The highest BCUT2D eigenvalue weighted by Gasteiger charge is 2.33. The number of rotatable bonds is 5. The first-order chi connectivity index (χ1) is 11.8. The second-order valence-electron chi connectivity index (χ2n) is 7.05. The van der Waals surface area contributed by atoms with Crippen molar-refractivity contribution in [2.75, 3.05) is 6.61 Å². The van der Waals surface area contributed by atoms with Crippen molar-refractivity contribution >= 4 is 23.5 Å². The van der Waals surface area contributed by atoms with E-state index in [2.05, 4.69) is 20.8 Å². The maximum Gasteiger partial charge on any atom is 0.344 e. The summed E-state index contributed by atoms with van der Waals surface area (Å²) < 4.78 is 23.5. The maximum atomic E-state index is 13.0. The van der Waals surface area contributed by atoms with Crippen LogP contribution in [0, 0.1) is 23.6 Å². The van der Waals surface area contributed by atoms with Crippen LogP contribution >= 0.6 is 11.6 Å². The van der Waals surface area contributed by atoms with Crippen molar-refractivity contribution in [2.24, 2.45) is 17.8 Å². The van der Waals surface area contributed by atoms with Gasteiger partial charge in [-0.1, -0.05) is 38.8 Å². The van der Waals surface area contributed by atoms with E-state index in [0.717, 1.165) is 31.4 Å². The highest BCUT2D eigenvalue weighted by atomic mass is 35.5. The Morgan fingerprint density at radius 3 is 2.68 bits per heavy atom. The molecule has 0 bridgehead atoms. The normalized spacial score (nSPS) is 23.4. The van der Waals surface area contributed by atoms with Gasteiger partial charge >= 0.3 is 11.9 Å². The van der Waals surface area contributed by atoms with Gasteiger partial charge in [-0.25, -0.2) is 14.0 Å². The number of carbonyl (C=O) groups is 2. The fraction of sp³-hybridized carbons (Fsp3) is 0.579. The zero-order chi connectivity index (χ0) is 18.6. The van der Waals surface area contributed by atoms with Crippen LogP contribution < -0.4 is 0 Å². The van der Waals surface area contributed by atoms with Crippen LogP contribution in [-0.4, -0.2) is 24.6 Å². The zero-order valence-electron chi connectivity index (χ0n) is 14.8. The van der Waals surface area contributed by atoms with Crippen LogP contribution in [-0.2, 0) is 14.3 Å². The van der Waals surface area contributed by atoms with E-state index < -0.39 is 24.4 Å². The molecule has 25 heavy (non-hydrogen) atoms. The minimum absolute atomic E-state index is 0.0159. The molecule has 1 aromatic carbocycles. The Kier molecular flexibility index (Phi) is 6.82. The topological polar surface area (TPSA) is 52.6 Å². The van der Waals surface area contributed by atoms with E-state index in [-0.39, 0.29) is 16.7 Å². The van der Waals surface area contributed by atoms with Gasteiger partial charge in [0.2, 0.25) is 0 Å². The Hall–Kier alpha value is -1.62. The standard InChI is InChI=1S/C19H24ClFO4/c1-11(2)14-6-4-12(3)8-17(14)25-18(22)10-24-19(23)15-7-5-13(21)9-16(15)20/h5,7,9,11-12,14,17H,4,6,8,10H2,1-3H3/t12-,14+,17-/m0/s1. The summed E-state index contributed by atoms with van der Waals surface area (Å²) in [7, 11) is 0. The van der Waals surface area contributed by atoms with Gasteiger partial charge in [-0.15, -0.1) is 0 Å². The molecule has 0 radical (unpaired) electrons. The summed E-state index contributed by atoms with van der Waals surface area (Å²) in [5.41, 5.74) is 0.0159. The molecule has 0 spiro atoms. The van der Waals surface area contributed by atoms with Crippen molar-refractivity contribution in [3.63, 3.8) is 0 Å². The first-order valence-electron chi connectivity index (χ1n) is 8.59. The first kappa shape index (κ1) is 19.7. The van der Waals surface area contributed by atoms with Gasteiger partial charge in [0.05, 0.1) is 10.6 Å². The van der Waals surface area contributed by atoms with Gasteiger partial charge in [0.1, 0.15) is 11.9 Å². The Labute approximate surface area is 152 Å². The summed E-state index contributed by atoms with van der Waals surface area (Å²) in [6, 6.07) is 3.35. The summed E-state index contributed by atoms with van der Waals surface area (Å²) >= 11 is 5.81. The number of ether oxygens (including phenoxy) is 2. The molecule has 0 heterocycles. The van der Waals surface area contributed by atoms with Crippen LogP contribution in [0.15, 0.2) is 18.2 Å². The Balaban J connectivity index is 1.90. The van der Waals surface area contributed by atoms with E-state index in [4.69, 9.17) is 21.1 Å². The summed E-state index contributed by atoms with van der Waals surface area (Å²) in [5, 5.41) is -0.0562. The second-order valence-corrected chi connectivity index (χ2v) is 7.46. The molecule has 0 N–H and O–H groups in total. The minimum Gasteiger partial charge on any atom is -0.460 e. The van der Waals surface area contributed by atoms with Gasteiger partial charge < -0.3 is 9.47 Å². The number of hydrogen-bond donors (Lipinski definition) is 0. The third kappa shape index (κ3) is 5.43. The monoisotopic (exact) mass is 370 g/mol. The Bertz CT molecular complexity index is 632. The molecule has 138 valence electrons. The molecule has 1 aliphatic rings. The molecule has 0 saturated heterocycles. The number of esters is 2. The van der Waals surface area contributed by atoms with Gasteiger partial charge in [0.15, 0.2) is 6.61 Å². The lowest BCUT2D eigenvalue weighted by Gasteiger charge is -2.36. The number of carbonyl (C=O) groups excluding carboxylic acids is 2. The van der Waals surface area contributed by atoms with Crippen molar-refractivity contribution in [3.05, 3.63) is 34.6 Å². The summed E-state index contributed by atoms with van der Waals surface area (Å²) in [6.45, 7) is 5.91. The lowest BCUT2D eigenvalue weighted by atomic mass is 9.75. The molecule has 1 aromatic rings. The molecule has 3 atom stereocenters. The smallest absolute Gasteiger partial charge is 0.344 e. The number of benzene rings is 1. The summed E-state index contributed by atoms with van der Waals surface area (Å²) in [6.07, 6.45) is 2.84. The van der Waals surface area contributed by atoms with Crippen molar-refractivity contribution < 1.29 is 23.5 Å². The SMILES string of the molecule is CC(C)[C@H]1CC[C@H](C)C[C@@H]1OC(=O)COC(=O)c1ccc(F)cc1Cl. The van der Waals surface area contributed by atoms with Gasteiger partial charge in [0.25, 0.3) is 0 Å². The third-order valence-electron chi connectivity index (χ3n) is 4.72. The van der Waals surface area contributed by atoms with E-state index in [1.807, 2.05) is 0 Å². The molecular weight excluding hydrogens is 347 g/mol. The first-order valence-corrected chi connectivity index (χ1v) is 8.97. The van der Waals surface area contributed by atoms with Crippen molar-refractivity contribution in [1.82, 2.24) is 0 Å². The predicted octanol–water partition coefficient (Wildman–Crippen LogP) is 4.64. The molecule has 1 aliphatic carbocycles. The fourth-order valence-electron chi connectivity index (χ4n) is 3.31. The van der Waals surface area contributed by atoms with E-state index in [1.165, 1.54) is 6.07 Å². The third-order valence-corrected chi connectivity index (χ3v) is 5.03. The van der Waals surface area contributed by atoms with Crippen LogP contribution in [0.1, 0.15) is 50.4 Å². The molecule has 0 amide bonds. The Morgan fingerprint density at radius 1 is 1.32 bits per heavy atom. The maximum absolute atomic E-state index is 13.0. The fourth-order valence-corrected chi connectivity index (χ4v) is 3.55. The molecule has 1 saturated carbocycles. The van der Waals surface area contributed by atoms with Crippen LogP contribution in [0.4, 0.5) is 4.39 Å². The average molecular weight is 371 g/mol. The van der Waals surface area contributed by atoms with Crippen LogP contribution in [0.5, 0.6) is 0 Å². The molecule has 6 heteroatoms. The van der Waals surface area contributed by atoms with E-state index in [0.29, 0.717) is 17.8 Å². The molecule has 4 nitrogen and oxygen atoms in total. The summed E-state index contributed by atoms with van der Waals surface area (Å²) in [4.78, 5) is 24.0. The van der Waals surface area contributed by atoms with Crippen molar-refractivity contribution in [3.8, 4) is 0 Å². The average Bonchev–Trinajstić information content (AvgIpc) is 2.52. The van der Waals surface area contributed by atoms with Crippen LogP contribution in [0.2, 0.25) is 5.02 Å². The molecule has 0 aliphatic heterocycles. The molecular formula is C19H24ClFO4. The van der Waals surface area contributed by atoms with E-state index in [9.17, 15) is 14.0 Å². The lowest BCUT2D eigenvalue weighted by Crippen LogP contribution is -2.36. The highest BCUT2D eigenvalue weighted by Crippen LogP contribution is 2.35. The van der Waals surface area contributed by atoms with Crippen molar-refractivity contribution in [2.45, 2.75) is 46.1 Å². The second kappa shape index (κ2) is 8.65. The van der Waals surface area contributed by atoms with Gasteiger partial charge in [-0.05, 0) is 48.8 Å². The largest absolute Gasteiger partial charge is 0.460 e.